The van der Waals surface area contributed by atoms with Crippen LogP contribution in [-0.2, 0) is 4.79 Å². The summed E-state index contributed by atoms with van der Waals surface area (Å²) in [5, 5.41) is 3.05. The van der Waals surface area contributed by atoms with Crippen molar-refractivity contribution in [2.75, 3.05) is 0 Å². The van der Waals surface area contributed by atoms with Crippen molar-refractivity contribution < 1.29 is 9.53 Å². The molecule has 0 amide bonds. The zero-order chi connectivity index (χ0) is 11.5. The monoisotopic (exact) mass is 233 g/mol. The van der Waals surface area contributed by atoms with Crippen LogP contribution in [0.25, 0.3) is 11.3 Å². The summed E-state index contributed by atoms with van der Waals surface area (Å²) in [6.45, 7) is 3.36. The minimum absolute atomic E-state index is 0.308. The van der Waals surface area contributed by atoms with Crippen molar-refractivity contribution in [1.29, 1.82) is 0 Å². The van der Waals surface area contributed by atoms with Crippen LogP contribution in [0, 0.1) is 6.92 Å². The molecule has 0 saturated heterocycles. The highest BCUT2D eigenvalue weighted by Gasteiger charge is 2.03. The molecule has 0 bridgehead atoms. The Morgan fingerprint density at radius 2 is 2.00 bits per heavy atom. The number of carbonyl (C=O) groups is 1. The summed E-state index contributed by atoms with van der Waals surface area (Å²) in [4.78, 5) is 15.1. The first-order chi connectivity index (χ1) is 7.65. The fraction of sp³-hybridized carbons (Fsp3) is 0.167. The third-order valence-corrected chi connectivity index (χ3v) is 2.80. The van der Waals surface area contributed by atoms with Crippen LogP contribution in [-0.4, -0.2) is 11.0 Å². The van der Waals surface area contributed by atoms with Crippen molar-refractivity contribution in [2.45, 2.75) is 13.8 Å². The molecule has 4 heteroatoms. The molecular weight excluding hydrogens is 222 g/mol. The lowest BCUT2D eigenvalue weighted by Gasteiger charge is -2.01. The summed E-state index contributed by atoms with van der Waals surface area (Å²) in [5.41, 5.74) is 1.98. The fourth-order valence-electron chi connectivity index (χ4n) is 1.36. The molecule has 0 aliphatic rings. The summed E-state index contributed by atoms with van der Waals surface area (Å²) >= 11 is 1.62. The normalized spacial score (nSPS) is 10.1. The first kappa shape index (κ1) is 10.8. The number of thiazole rings is 1. The molecule has 16 heavy (non-hydrogen) atoms. The Balaban J connectivity index is 2.22. The molecule has 0 atom stereocenters. The molecule has 0 radical (unpaired) electrons. The minimum atomic E-state index is -0.308. The van der Waals surface area contributed by atoms with Crippen molar-refractivity contribution in [3.63, 3.8) is 0 Å². The van der Waals surface area contributed by atoms with Crippen LogP contribution in [0.1, 0.15) is 11.9 Å². The van der Waals surface area contributed by atoms with Gasteiger partial charge in [0.25, 0.3) is 0 Å². The standard InChI is InChI=1S/C12H11NO2S/c1-8-13-12(7-16-8)10-3-5-11(6-4-10)15-9(2)14/h3-7H,1-2H3. The highest BCUT2D eigenvalue weighted by atomic mass is 32.1. The van der Waals surface area contributed by atoms with E-state index in [0.29, 0.717) is 5.75 Å². The Hall–Kier alpha value is -1.68. The number of aromatic nitrogens is 1. The topological polar surface area (TPSA) is 39.2 Å². The molecule has 0 aliphatic carbocycles. The number of hydrogen-bond acceptors (Lipinski definition) is 4. The molecule has 2 rings (SSSR count). The summed E-state index contributed by atoms with van der Waals surface area (Å²) < 4.78 is 4.95. The van der Waals surface area contributed by atoms with Crippen LogP contribution < -0.4 is 4.74 Å². The molecule has 0 spiro atoms. The molecule has 2 aromatic rings. The maximum absolute atomic E-state index is 10.7. The molecule has 1 aromatic carbocycles. The van der Waals surface area contributed by atoms with Crippen molar-refractivity contribution in [3.8, 4) is 17.0 Å². The fourth-order valence-corrected chi connectivity index (χ4v) is 1.98. The maximum Gasteiger partial charge on any atom is 0.308 e. The van der Waals surface area contributed by atoms with Crippen LogP contribution in [0.15, 0.2) is 29.6 Å². The van der Waals surface area contributed by atoms with E-state index in [1.54, 1.807) is 23.5 Å². The number of benzene rings is 1. The second-order valence-corrected chi connectivity index (χ2v) is 4.43. The Kier molecular flexibility index (Phi) is 3.01. The first-order valence-electron chi connectivity index (χ1n) is 4.86. The summed E-state index contributed by atoms with van der Waals surface area (Å²) in [5.74, 6) is 0.250. The van der Waals surface area contributed by atoms with Gasteiger partial charge in [-0.15, -0.1) is 11.3 Å². The van der Waals surface area contributed by atoms with Crippen LogP contribution in [0.4, 0.5) is 0 Å². The van der Waals surface area contributed by atoms with E-state index in [1.165, 1.54) is 6.92 Å². The predicted molar refractivity (Wildman–Crippen MR) is 63.6 cm³/mol. The molecule has 0 N–H and O–H groups in total. The van der Waals surface area contributed by atoms with Crippen LogP contribution in [0.5, 0.6) is 5.75 Å². The molecular formula is C12H11NO2S. The Morgan fingerprint density at radius 1 is 1.31 bits per heavy atom. The SMILES string of the molecule is CC(=O)Oc1ccc(-c2csc(C)n2)cc1. The molecule has 1 aromatic heterocycles. The van der Waals surface area contributed by atoms with E-state index in [1.807, 2.05) is 24.4 Å². The average molecular weight is 233 g/mol. The lowest BCUT2D eigenvalue weighted by molar-refractivity contribution is -0.131. The zero-order valence-corrected chi connectivity index (χ0v) is 9.88. The lowest BCUT2D eigenvalue weighted by atomic mass is 10.2. The van der Waals surface area contributed by atoms with Crippen molar-refractivity contribution in [3.05, 3.63) is 34.7 Å². The van der Waals surface area contributed by atoms with Crippen LogP contribution in [0.2, 0.25) is 0 Å². The predicted octanol–water partition coefficient (Wildman–Crippen LogP) is 3.04. The van der Waals surface area contributed by atoms with Crippen molar-refractivity contribution in [1.82, 2.24) is 4.98 Å². The van der Waals surface area contributed by atoms with E-state index in [0.717, 1.165) is 16.3 Å². The largest absolute Gasteiger partial charge is 0.427 e. The third-order valence-electron chi connectivity index (χ3n) is 2.03. The second-order valence-electron chi connectivity index (χ2n) is 3.37. The second kappa shape index (κ2) is 4.45. The van der Waals surface area contributed by atoms with Gasteiger partial charge in [0.05, 0.1) is 10.7 Å². The highest BCUT2D eigenvalue weighted by molar-refractivity contribution is 7.09. The maximum atomic E-state index is 10.7. The molecule has 3 nitrogen and oxygen atoms in total. The molecule has 0 unspecified atom stereocenters. The van der Waals surface area contributed by atoms with Crippen molar-refractivity contribution >= 4 is 17.3 Å². The summed E-state index contributed by atoms with van der Waals surface area (Å²) in [6.07, 6.45) is 0. The van der Waals surface area contributed by atoms with Gasteiger partial charge in [0, 0.05) is 17.9 Å². The van der Waals surface area contributed by atoms with Gasteiger partial charge in [-0.1, -0.05) is 0 Å². The smallest absolute Gasteiger partial charge is 0.308 e. The number of rotatable bonds is 2. The quantitative estimate of drug-likeness (QED) is 0.591. The van der Waals surface area contributed by atoms with Gasteiger partial charge in [-0.3, -0.25) is 4.79 Å². The van der Waals surface area contributed by atoms with Gasteiger partial charge in [0.1, 0.15) is 5.75 Å². The number of ether oxygens (including phenoxy) is 1. The van der Waals surface area contributed by atoms with E-state index in [2.05, 4.69) is 4.98 Å². The van der Waals surface area contributed by atoms with Gasteiger partial charge in [-0.25, -0.2) is 4.98 Å². The van der Waals surface area contributed by atoms with E-state index in [4.69, 9.17) is 4.74 Å². The number of nitrogens with zero attached hydrogens (tertiary/aromatic N) is 1. The van der Waals surface area contributed by atoms with Gasteiger partial charge in [-0.05, 0) is 31.2 Å². The van der Waals surface area contributed by atoms with Crippen molar-refractivity contribution in [2.24, 2.45) is 0 Å². The van der Waals surface area contributed by atoms with Gasteiger partial charge in [0.15, 0.2) is 0 Å². The Morgan fingerprint density at radius 3 is 2.50 bits per heavy atom. The van der Waals surface area contributed by atoms with E-state index >= 15 is 0 Å². The van der Waals surface area contributed by atoms with Gasteiger partial charge < -0.3 is 4.74 Å². The Labute approximate surface area is 97.7 Å². The molecule has 0 aliphatic heterocycles. The molecule has 0 fully saturated rings. The van der Waals surface area contributed by atoms with E-state index in [9.17, 15) is 4.79 Å². The Bertz CT molecular complexity index is 502. The summed E-state index contributed by atoms with van der Waals surface area (Å²) in [7, 11) is 0. The average Bonchev–Trinajstić information content (AvgIpc) is 2.65. The van der Waals surface area contributed by atoms with Gasteiger partial charge in [0.2, 0.25) is 0 Å². The zero-order valence-electron chi connectivity index (χ0n) is 9.06. The van der Waals surface area contributed by atoms with Gasteiger partial charge in [-0.2, -0.15) is 0 Å². The number of aryl methyl sites for hydroxylation is 1. The van der Waals surface area contributed by atoms with Crippen LogP contribution in [0.3, 0.4) is 0 Å². The highest BCUT2D eigenvalue weighted by Crippen LogP contribution is 2.23. The molecule has 82 valence electrons. The molecule has 0 saturated carbocycles. The molecule has 1 heterocycles. The van der Waals surface area contributed by atoms with Crippen LogP contribution >= 0.6 is 11.3 Å². The van der Waals surface area contributed by atoms with E-state index in [-0.39, 0.29) is 5.97 Å². The number of hydrogen-bond donors (Lipinski definition) is 0. The number of esters is 1. The van der Waals surface area contributed by atoms with Gasteiger partial charge >= 0.3 is 5.97 Å². The number of carbonyl (C=O) groups excluding carboxylic acids is 1. The minimum Gasteiger partial charge on any atom is -0.427 e. The first-order valence-corrected chi connectivity index (χ1v) is 5.74. The summed E-state index contributed by atoms with van der Waals surface area (Å²) in [6, 6.07) is 7.33. The third kappa shape index (κ3) is 2.46. The lowest BCUT2D eigenvalue weighted by Crippen LogP contribution is -2.00. The van der Waals surface area contributed by atoms with E-state index < -0.39 is 0 Å².